The van der Waals surface area contributed by atoms with Crippen molar-refractivity contribution >= 4 is 39.9 Å². The van der Waals surface area contributed by atoms with E-state index >= 15 is 0 Å². The summed E-state index contributed by atoms with van der Waals surface area (Å²) in [5.74, 6) is -0.128. The number of likely N-dealkylation sites (N-methyl/N-ethyl adjacent to an activating group) is 1. The predicted molar refractivity (Wildman–Crippen MR) is 168 cm³/mol. The first-order valence-electron chi connectivity index (χ1n) is 14.3. The Labute approximate surface area is 250 Å². The van der Waals surface area contributed by atoms with Gasteiger partial charge in [-0.1, -0.05) is 78.3 Å². The van der Waals surface area contributed by atoms with Crippen LogP contribution in [0.3, 0.4) is 0 Å². The zero-order chi connectivity index (χ0) is 28.8. The number of carbonyl (C=O) groups excluding carboxylic acids is 2. The number of hydrogen-bond acceptors (Lipinski definition) is 3. The van der Waals surface area contributed by atoms with Crippen molar-refractivity contribution in [2.24, 2.45) is 0 Å². The molecule has 0 aliphatic carbocycles. The Hall–Kier alpha value is -4.39. The lowest BCUT2D eigenvalue weighted by Gasteiger charge is -2.32. The quantitative estimate of drug-likeness (QED) is 0.245. The van der Waals surface area contributed by atoms with Crippen LogP contribution in [0.1, 0.15) is 32.1 Å². The van der Waals surface area contributed by atoms with E-state index in [4.69, 9.17) is 11.6 Å². The number of halogens is 1. The Morgan fingerprint density at radius 2 is 1.50 bits per heavy atom. The summed E-state index contributed by atoms with van der Waals surface area (Å²) >= 11 is 6.85. The third-order valence-electron chi connectivity index (χ3n) is 8.56. The predicted octanol–water partition coefficient (Wildman–Crippen LogP) is 6.56. The Morgan fingerprint density at radius 3 is 2.33 bits per heavy atom. The Bertz CT molecular complexity index is 1830. The van der Waals surface area contributed by atoms with Gasteiger partial charge in [0.05, 0.1) is 23.7 Å². The van der Waals surface area contributed by atoms with Crippen LogP contribution in [-0.2, 0) is 13.1 Å². The summed E-state index contributed by atoms with van der Waals surface area (Å²) in [6.45, 7) is 4.02. The normalized spacial score (nSPS) is 15.3. The van der Waals surface area contributed by atoms with Gasteiger partial charge in [-0.15, -0.1) is 0 Å². The average molecular weight is 575 g/mol. The third-order valence-corrected chi connectivity index (χ3v) is 8.87. The van der Waals surface area contributed by atoms with Crippen molar-refractivity contribution in [3.05, 3.63) is 125 Å². The summed E-state index contributed by atoms with van der Waals surface area (Å²) in [5, 5.41) is 2.70. The van der Waals surface area contributed by atoms with Crippen molar-refractivity contribution in [1.82, 2.24) is 14.4 Å². The van der Waals surface area contributed by atoms with Crippen molar-refractivity contribution in [1.29, 1.82) is 0 Å². The van der Waals surface area contributed by atoms with Gasteiger partial charge < -0.3 is 19.3 Å². The number of anilines is 1. The Kier molecular flexibility index (Phi) is 6.81. The van der Waals surface area contributed by atoms with Gasteiger partial charge in [0.15, 0.2) is 0 Å². The van der Waals surface area contributed by atoms with Crippen LogP contribution >= 0.6 is 11.6 Å². The highest BCUT2D eigenvalue weighted by molar-refractivity contribution is 6.35. The van der Waals surface area contributed by atoms with Crippen LogP contribution in [0.5, 0.6) is 0 Å². The topological polar surface area (TPSA) is 48.8 Å². The van der Waals surface area contributed by atoms with Gasteiger partial charge in [0.2, 0.25) is 0 Å². The smallest absolute Gasteiger partial charge is 0.270 e. The highest BCUT2D eigenvalue weighted by Crippen LogP contribution is 2.35. The summed E-state index contributed by atoms with van der Waals surface area (Å²) in [4.78, 5) is 33.7. The lowest BCUT2D eigenvalue weighted by atomic mass is 9.97. The van der Waals surface area contributed by atoms with Gasteiger partial charge in [0, 0.05) is 37.6 Å². The highest BCUT2D eigenvalue weighted by atomic mass is 35.5. The standard InChI is InChI=1S/C35H31ClN4O2/c1-37-17-19-38(20-18-37)35(42)33-16-14-27-23-40(32-12-5-3-8-26(32)22-39(27)33)34(41)30-15-13-25(21-31(30)36)29-11-6-9-24-7-2-4-10-28(24)29/h2-16,21H,17-20,22-23H2,1H3. The second-order valence-corrected chi connectivity index (χ2v) is 11.5. The molecule has 3 heterocycles. The fourth-order valence-corrected chi connectivity index (χ4v) is 6.44. The van der Waals surface area contributed by atoms with Crippen LogP contribution in [0.25, 0.3) is 21.9 Å². The minimum absolute atomic E-state index is 0.0404. The van der Waals surface area contributed by atoms with Crippen LogP contribution < -0.4 is 4.90 Å². The van der Waals surface area contributed by atoms with E-state index in [1.807, 2.05) is 77.7 Å². The zero-order valence-electron chi connectivity index (χ0n) is 23.5. The molecule has 42 heavy (non-hydrogen) atoms. The minimum atomic E-state index is -0.168. The number of fused-ring (bicyclic) bond motifs is 3. The summed E-state index contributed by atoms with van der Waals surface area (Å²) in [6.07, 6.45) is 0. The van der Waals surface area contributed by atoms with E-state index in [2.05, 4.69) is 40.8 Å². The maximum atomic E-state index is 14.2. The molecule has 0 saturated carbocycles. The molecule has 0 radical (unpaired) electrons. The summed E-state index contributed by atoms with van der Waals surface area (Å²) < 4.78 is 2.07. The van der Waals surface area contributed by atoms with Crippen LogP contribution in [-0.4, -0.2) is 59.4 Å². The van der Waals surface area contributed by atoms with E-state index in [1.54, 1.807) is 4.90 Å². The van der Waals surface area contributed by atoms with E-state index in [0.717, 1.165) is 51.9 Å². The van der Waals surface area contributed by atoms with Crippen molar-refractivity contribution in [3.8, 4) is 11.1 Å². The van der Waals surface area contributed by atoms with E-state index in [-0.39, 0.29) is 11.8 Å². The zero-order valence-corrected chi connectivity index (χ0v) is 24.2. The number of carbonyl (C=O) groups is 2. The van der Waals surface area contributed by atoms with E-state index < -0.39 is 0 Å². The first kappa shape index (κ1) is 26.5. The fourth-order valence-electron chi connectivity index (χ4n) is 6.18. The SMILES string of the molecule is CN1CCN(C(=O)c2ccc3n2Cc2ccccc2N(C(=O)c2ccc(-c4cccc5ccccc45)cc2Cl)C3)CC1. The molecule has 0 N–H and O–H groups in total. The first-order chi connectivity index (χ1) is 20.5. The van der Waals surface area contributed by atoms with Crippen molar-refractivity contribution in [2.75, 3.05) is 38.1 Å². The number of benzene rings is 4. The molecule has 0 atom stereocenters. The molecule has 4 aromatic carbocycles. The van der Waals surface area contributed by atoms with Crippen LogP contribution in [0.4, 0.5) is 5.69 Å². The molecule has 1 fully saturated rings. The molecule has 7 rings (SSSR count). The molecule has 6 nitrogen and oxygen atoms in total. The molecule has 2 amide bonds. The molecular formula is C35H31ClN4O2. The molecule has 5 aromatic rings. The van der Waals surface area contributed by atoms with Gasteiger partial charge in [-0.3, -0.25) is 9.59 Å². The molecule has 7 heteroatoms. The third kappa shape index (κ3) is 4.67. The van der Waals surface area contributed by atoms with Crippen molar-refractivity contribution in [2.45, 2.75) is 13.1 Å². The van der Waals surface area contributed by atoms with Crippen LogP contribution in [0.15, 0.2) is 97.1 Å². The lowest BCUT2D eigenvalue weighted by Crippen LogP contribution is -2.47. The molecule has 1 saturated heterocycles. The second-order valence-electron chi connectivity index (χ2n) is 11.1. The van der Waals surface area contributed by atoms with Gasteiger partial charge in [-0.05, 0) is 64.8 Å². The first-order valence-corrected chi connectivity index (χ1v) is 14.7. The Morgan fingerprint density at radius 1 is 0.738 bits per heavy atom. The fraction of sp³-hybridized carbons (Fsp3) is 0.200. The minimum Gasteiger partial charge on any atom is -0.335 e. The molecule has 0 unspecified atom stereocenters. The van der Waals surface area contributed by atoms with Gasteiger partial charge in [-0.2, -0.15) is 0 Å². The summed E-state index contributed by atoms with van der Waals surface area (Å²) in [5.41, 5.74) is 5.88. The van der Waals surface area contributed by atoms with E-state index in [9.17, 15) is 9.59 Å². The number of amides is 2. The van der Waals surface area contributed by atoms with Crippen molar-refractivity contribution < 1.29 is 9.59 Å². The Balaban J connectivity index is 1.23. The van der Waals surface area contributed by atoms with E-state index in [1.165, 1.54) is 0 Å². The molecule has 2 aliphatic rings. The maximum absolute atomic E-state index is 14.2. The molecule has 210 valence electrons. The number of aromatic nitrogens is 1. The van der Waals surface area contributed by atoms with Crippen LogP contribution in [0.2, 0.25) is 5.02 Å². The largest absolute Gasteiger partial charge is 0.335 e. The number of rotatable bonds is 3. The molecule has 0 bridgehead atoms. The monoisotopic (exact) mass is 574 g/mol. The molecule has 0 spiro atoms. The molecular weight excluding hydrogens is 544 g/mol. The maximum Gasteiger partial charge on any atom is 0.270 e. The number of hydrogen-bond donors (Lipinski definition) is 0. The average Bonchev–Trinajstić information content (AvgIpc) is 3.33. The van der Waals surface area contributed by atoms with Gasteiger partial charge in [0.25, 0.3) is 11.8 Å². The van der Waals surface area contributed by atoms with Gasteiger partial charge in [-0.25, -0.2) is 0 Å². The van der Waals surface area contributed by atoms with Crippen LogP contribution in [0, 0.1) is 0 Å². The molecule has 1 aromatic heterocycles. The highest BCUT2D eigenvalue weighted by Gasteiger charge is 2.30. The van der Waals surface area contributed by atoms with Crippen molar-refractivity contribution in [3.63, 3.8) is 0 Å². The summed E-state index contributed by atoms with van der Waals surface area (Å²) in [7, 11) is 2.08. The lowest BCUT2D eigenvalue weighted by molar-refractivity contribution is 0.0653. The molecule has 2 aliphatic heterocycles. The second kappa shape index (κ2) is 10.8. The van der Waals surface area contributed by atoms with Gasteiger partial charge >= 0.3 is 0 Å². The number of para-hydroxylation sites is 1. The summed E-state index contributed by atoms with van der Waals surface area (Å²) in [6, 6.07) is 31.9. The number of nitrogens with zero attached hydrogens (tertiary/aromatic N) is 4. The number of piperazine rings is 1. The van der Waals surface area contributed by atoms with Gasteiger partial charge in [0.1, 0.15) is 5.69 Å². The van der Waals surface area contributed by atoms with E-state index in [0.29, 0.717) is 42.5 Å².